The van der Waals surface area contributed by atoms with E-state index in [1.807, 2.05) is 6.07 Å². The maximum Gasteiger partial charge on any atom is 0.286 e. The number of unbranched alkanes of at least 4 members (excludes halogenated alkanes) is 2. The number of carbonyl (C=O) groups excluding carboxylic acids is 1. The van der Waals surface area contributed by atoms with Crippen LogP contribution in [0, 0.1) is 0 Å². The van der Waals surface area contributed by atoms with Gasteiger partial charge in [0, 0.05) is 11.6 Å². The molecule has 0 spiro atoms. The van der Waals surface area contributed by atoms with Crippen LogP contribution in [0.5, 0.6) is 0 Å². The maximum absolute atomic E-state index is 11.0. The normalized spacial score (nSPS) is 9.65. The third-order valence-corrected chi connectivity index (χ3v) is 2.93. The molecule has 0 saturated carbocycles. The minimum atomic E-state index is -0.594. The molecule has 1 aromatic carbocycles. The van der Waals surface area contributed by atoms with Crippen LogP contribution < -0.4 is 5.73 Å². The molecule has 6 heteroatoms. The summed E-state index contributed by atoms with van der Waals surface area (Å²) in [6.45, 7) is 2.19. The topological polar surface area (TPSA) is 68.9 Å². The number of nitrogens with two attached hydrogens (primary N) is 1. The lowest BCUT2D eigenvalue weighted by atomic mass is 10.1. The van der Waals surface area contributed by atoms with Crippen molar-refractivity contribution in [2.24, 2.45) is 5.73 Å². The van der Waals surface area contributed by atoms with Crippen LogP contribution in [0.25, 0.3) is 10.9 Å². The predicted molar refractivity (Wildman–Crippen MR) is 85.8 cm³/mol. The highest BCUT2D eigenvalue weighted by atomic mass is 35.5. The van der Waals surface area contributed by atoms with Crippen LogP contribution in [0.4, 0.5) is 0 Å². The van der Waals surface area contributed by atoms with Gasteiger partial charge in [0.2, 0.25) is 5.82 Å². The second-order valence-corrected chi connectivity index (χ2v) is 4.41. The fourth-order valence-electron chi connectivity index (χ4n) is 1.94. The molecule has 0 atom stereocenters. The minimum Gasteiger partial charge on any atom is -0.363 e. The van der Waals surface area contributed by atoms with Gasteiger partial charge in [-0.3, -0.25) is 4.79 Å². The average Bonchev–Trinajstić information content (AvgIpc) is 2.38. The first-order chi connectivity index (χ1) is 8.70. The first-order valence-electron chi connectivity index (χ1n) is 6.26. The van der Waals surface area contributed by atoms with Crippen LogP contribution in [-0.2, 0) is 6.42 Å². The zero-order chi connectivity index (χ0) is 13.0. The van der Waals surface area contributed by atoms with Gasteiger partial charge in [0.15, 0.2) is 0 Å². The van der Waals surface area contributed by atoms with Crippen LogP contribution >= 0.6 is 24.8 Å². The molecule has 0 radical (unpaired) electrons. The van der Waals surface area contributed by atoms with E-state index in [-0.39, 0.29) is 30.6 Å². The first kappa shape index (κ1) is 18.6. The van der Waals surface area contributed by atoms with Crippen LogP contribution in [0.15, 0.2) is 24.4 Å². The van der Waals surface area contributed by atoms with Crippen molar-refractivity contribution in [1.29, 1.82) is 0 Å². The smallest absolute Gasteiger partial charge is 0.286 e. The highest BCUT2D eigenvalue weighted by Gasteiger charge is 2.05. The highest BCUT2D eigenvalue weighted by molar-refractivity contribution is 5.91. The molecule has 2 N–H and O–H groups in total. The largest absolute Gasteiger partial charge is 0.363 e. The van der Waals surface area contributed by atoms with E-state index in [1.54, 1.807) is 6.20 Å². The van der Waals surface area contributed by atoms with Crippen molar-refractivity contribution in [2.75, 3.05) is 0 Å². The van der Waals surface area contributed by atoms with E-state index >= 15 is 0 Å². The van der Waals surface area contributed by atoms with Gasteiger partial charge in [0.25, 0.3) is 5.91 Å². The number of fused-ring (bicyclic) bond motifs is 1. The number of hydrogen-bond acceptors (Lipinski definition) is 3. The molecule has 0 bridgehead atoms. The first-order valence-corrected chi connectivity index (χ1v) is 6.26. The third kappa shape index (κ3) is 4.62. The molecule has 0 aliphatic heterocycles. The minimum absolute atomic E-state index is 0. The van der Waals surface area contributed by atoms with E-state index in [2.05, 4.69) is 29.0 Å². The monoisotopic (exact) mass is 315 g/mol. The summed E-state index contributed by atoms with van der Waals surface area (Å²) in [4.78, 5) is 19.1. The highest BCUT2D eigenvalue weighted by Crippen LogP contribution is 2.15. The number of hydrogen-bond donors (Lipinski definition) is 1. The van der Waals surface area contributed by atoms with Crippen molar-refractivity contribution >= 4 is 41.6 Å². The van der Waals surface area contributed by atoms with Gasteiger partial charge in [-0.1, -0.05) is 25.8 Å². The molecule has 2 rings (SSSR count). The van der Waals surface area contributed by atoms with Crippen LogP contribution in [0.3, 0.4) is 0 Å². The van der Waals surface area contributed by atoms with Gasteiger partial charge in [0.05, 0.1) is 5.52 Å². The number of rotatable bonds is 5. The molecule has 0 aliphatic rings. The van der Waals surface area contributed by atoms with Gasteiger partial charge in [-0.25, -0.2) is 9.97 Å². The summed E-state index contributed by atoms with van der Waals surface area (Å²) < 4.78 is 0. The summed E-state index contributed by atoms with van der Waals surface area (Å²) in [7, 11) is 0. The number of carbonyl (C=O) groups is 1. The molecule has 1 aromatic heterocycles. The standard InChI is InChI=1S/C14H17N3O.2ClH/c1-2-3-4-5-10-6-7-12-11(8-10)9-16-14(17-12)13(15)18;;/h6-9H,2-5H2,1H3,(H2,15,18);2*1H. The quantitative estimate of drug-likeness (QED) is 0.861. The third-order valence-electron chi connectivity index (χ3n) is 2.93. The lowest BCUT2D eigenvalue weighted by Crippen LogP contribution is -2.14. The van der Waals surface area contributed by atoms with Crippen molar-refractivity contribution < 1.29 is 4.79 Å². The SMILES string of the molecule is CCCCCc1ccc2nc(C(N)=O)ncc2c1.Cl.Cl. The molecular formula is C14H19Cl2N3O. The zero-order valence-electron chi connectivity index (χ0n) is 11.3. The van der Waals surface area contributed by atoms with Gasteiger partial charge >= 0.3 is 0 Å². The number of nitrogens with zero attached hydrogens (tertiary/aromatic N) is 2. The summed E-state index contributed by atoms with van der Waals surface area (Å²) in [6.07, 6.45) is 6.39. The summed E-state index contributed by atoms with van der Waals surface area (Å²) in [5.74, 6) is -0.523. The Bertz CT molecular complexity index is 575. The van der Waals surface area contributed by atoms with E-state index in [0.717, 1.165) is 17.3 Å². The molecule has 0 saturated heterocycles. The molecule has 20 heavy (non-hydrogen) atoms. The number of primary amides is 1. The molecule has 0 unspecified atom stereocenters. The van der Waals surface area contributed by atoms with Gasteiger partial charge in [-0.05, 0) is 30.5 Å². The molecule has 1 heterocycles. The summed E-state index contributed by atoms with van der Waals surface area (Å²) in [5.41, 5.74) is 7.20. The molecule has 110 valence electrons. The van der Waals surface area contributed by atoms with E-state index in [0.29, 0.717) is 0 Å². The lowest BCUT2D eigenvalue weighted by Gasteiger charge is -2.03. The summed E-state index contributed by atoms with van der Waals surface area (Å²) in [5, 5.41) is 0.953. The Morgan fingerprint density at radius 3 is 2.65 bits per heavy atom. The second kappa shape index (κ2) is 8.72. The Labute approximate surface area is 131 Å². The van der Waals surface area contributed by atoms with Crippen molar-refractivity contribution in [3.05, 3.63) is 35.8 Å². The fourth-order valence-corrected chi connectivity index (χ4v) is 1.94. The van der Waals surface area contributed by atoms with Crippen molar-refractivity contribution in [3.63, 3.8) is 0 Å². The Morgan fingerprint density at radius 2 is 2.00 bits per heavy atom. The average molecular weight is 316 g/mol. The molecule has 1 amide bonds. The van der Waals surface area contributed by atoms with Crippen molar-refractivity contribution in [2.45, 2.75) is 32.6 Å². The second-order valence-electron chi connectivity index (χ2n) is 4.41. The zero-order valence-corrected chi connectivity index (χ0v) is 13.0. The number of aromatic nitrogens is 2. The van der Waals surface area contributed by atoms with Crippen LogP contribution in [-0.4, -0.2) is 15.9 Å². The number of benzene rings is 1. The maximum atomic E-state index is 11.0. The molecule has 0 fully saturated rings. The van der Waals surface area contributed by atoms with Crippen LogP contribution in [0.1, 0.15) is 42.4 Å². The summed E-state index contributed by atoms with van der Waals surface area (Å²) in [6, 6.07) is 6.05. The predicted octanol–water partition coefficient (Wildman–Crippen LogP) is 3.31. The Balaban J connectivity index is 0.00000180. The van der Waals surface area contributed by atoms with Gasteiger partial charge in [-0.15, -0.1) is 24.8 Å². The number of amides is 1. The number of halogens is 2. The fraction of sp³-hybridized carbons (Fsp3) is 0.357. The van der Waals surface area contributed by atoms with E-state index in [4.69, 9.17) is 5.73 Å². The molecular weight excluding hydrogens is 297 g/mol. The lowest BCUT2D eigenvalue weighted by molar-refractivity contribution is 0.0991. The number of aryl methyl sites for hydroxylation is 1. The molecule has 2 aromatic rings. The molecule has 4 nitrogen and oxygen atoms in total. The van der Waals surface area contributed by atoms with Gasteiger partial charge < -0.3 is 5.73 Å². The summed E-state index contributed by atoms with van der Waals surface area (Å²) >= 11 is 0. The molecule has 0 aliphatic carbocycles. The van der Waals surface area contributed by atoms with Crippen molar-refractivity contribution in [1.82, 2.24) is 9.97 Å². The van der Waals surface area contributed by atoms with Gasteiger partial charge in [-0.2, -0.15) is 0 Å². The van der Waals surface area contributed by atoms with Crippen LogP contribution in [0.2, 0.25) is 0 Å². The van der Waals surface area contributed by atoms with Gasteiger partial charge in [0.1, 0.15) is 0 Å². The Kier molecular flexibility index (Phi) is 8.11. The Morgan fingerprint density at radius 1 is 1.25 bits per heavy atom. The van der Waals surface area contributed by atoms with Crippen molar-refractivity contribution in [3.8, 4) is 0 Å². The van der Waals surface area contributed by atoms with E-state index in [9.17, 15) is 4.79 Å². The van der Waals surface area contributed by atoms with E-state index in [1.165, 1.54) is 24.8 Å². The van der Waals surface area contributed by atoms with E-state index < -0.39 is 5.91 Å². The Hall–Kier alpha value is -1.39.